The highest BCUT2D eigenvalue weighted by Gasteiger charge is 2.23. The van der Waals surface area contributed by atoms with Crippen molar-refractivity contribution < 1.29 is 4.79 Å². The van der Waals surface area contributed by atoms with Gasteiger partial charge >= 0.3 is 0 Å². The van der Waals surface area contributed by atoms with Gasteiger partial charge in [0.1, 0.15) is 0 Å². The maximum absolute atomic E-state index is 12.0. The van der Waals surface area contributed by atoms with Crippen LogP contribution in [0.4, 0.5) is 0 Å². The molecule has 0 bridgehead atoms. The number of carbonyl (C=O) groups is 1. The highest BCUT2D eigenvalue weighted by Crippen LogP contribution is 2.19. The molecule has 0 aliphatic carbocycles. The number of rotatable bonds is 8. The minimum absolute atomic E-state index is 0.128. The first-order valence-corrected chi connectivity index (χ1v) is 8.24. The Labute approximate surface area is 124 Å². The first-order valence-electron chi connectivity index (χ1n) is 8.24. The van der Waals surface area contributed by atoms with E-state index in [9.17, 15) is 4.79 Å². The number of carbonyl (C=O) groups excluding carboxylic acids is 1. The highest BCUT2D eigenvalue weighted by molar-refractivity contribution is 5.76. The minimum Gasteiger partial charge on any atom is -0.343 e. The van der Waals surface area contributed by atoms with E-state index in [0.717, 1.165) is 38.3 Å². The molecule has 0 spiro atoms. The summed E-state index contributed by atoms with van der Waals surface area (Å²) >= 11 is 0. The van der Waals surface area contributed by atoms with Gasteiger partial charge in [-0.2, -0.15) is 0 Å². The van der Waals surface area contributed by atoms with E-state index in [1.165, 1.54) is 25.9 Å². The molecule has 4 nitrogen and oxygen atoms in total. The van der Waals surface area contributed by atoms with E-state index >= 15 is 0 Å². The van der Waals surface area contributed by atoms with Crippen LogP contribution in [-0.2, 0) is 4.79 Å². The maximum Gasteiger partial charge on any atom is 0.222 e. The number of unbranched alkanes of at least 4 members (excludes halogenated alkanes) is 1. The van der Waals surface area contributed by atoms with E-state index < -0.39 is 0 Å². The van der Waals surface area contributed by atoms with Gasteiger partial charge in [-0.05, 0) is 52.1 Å². The van der Waals surface area contributed by atoms with Gasteiger partial charge in [0, 0.05) is 32.1 Å². The average Bonchev–Trinajstić information content (AvgIpc) is 2.43. The van der Waals surface area contributed by atoms with Gasteiger partial charge in [-0.25, -0.2) is 0 Å². The lowest BCUT2D eigenvalue weighted by Crippen LogP contribution is -2.41. The zero-order valence-corrected chi connectivity index (χ0v) is 13.6. The largest absolute Gasteiger partial charge is 0.343 e. The van der Waals surface area contributed by atoms with Crippen molar-refractivity contribution in [2.24, 2.45) is 11.7 Å². The zero-order chi connectivity index (χ0) is 15.0. The van der Waals surface area contributed by atoms with Crippen LogP contribution in [-0.4, -0.2) is 55.0 Å². The Hall–Kier alpha value is -0.610. The third-order valence-corrected chi connectivity index (χ3v) is 4.24. The first-order chi connectivity index (χ1) is 9.52. The first kappa shape index (κ1) is 17.4. The monoisotopic (exact) mass is 283 g/mol. The summed E-state index contributed by atoms with van der Waals surface area (Å²) in [5.74, 6) is 1.05. The van der Waals surface area contributed by atoms with E-state index in [1.807, 2.05) is 11.8 Å². The Kier molecular flexibility index (Phi) is 8.15. The molecule has 0 saturated carbocycles. The van der Waals surface area contributed by atoms with Crippen LogP contribution in [0.15, 0.2) is 0 Å². The van der Waals surface area contributed by atoms with Crippen LogP contribution in [0.2, 0.25) is 0 Å². The van der Waals surface area contributed by atoms with E-state index in [1.54, 1.807) is 0 Å². The summed E-state index contributed by atoms with van der Waals surface area (Å²) in [6, 6.07) is 0.128. The molecule has 1 aliphatic heterocycles. The van der Waals surface area contributed by atoms with Gasteiger partial charge in [0.15, 0.2) is 0 Å². The third-order valence-electron chi connectivity index (χ3n) is 4.24. The molecule has 0 radical (unpaired) electrons. The summed E-state index contributed by atoms with van der Waals surface area (Å²) in [7, 11) is 2.22. The molecular formula is C16H33N3O. The molecule has 1 heterocycles. The molecule has 1 rings (SSSR count). The number of piperidine rings is 1. The second kappa shape index (κ2) is 9.35. The lowest BCUT2D eigenvalue weighted by Gasteiger charge is -2.34. The highest BCUT2D eigenvalue weighted by atomic mass is 16.2. The lowest BCUT2D eigenvalue weighted by molar-refractivity contribution is -0.132. The molecule has 1 fully saturated rings. The molecule has 118 valence electrons. The Morgan fingerprint density at radius 3 is 2.60 bits per heavy atom. The fourth-order valence-corrected chi connectivity index (χ4v) is 2.83. The number of hydrogen-bond donors (Lipinski definition) is 1. The zero-order valence-electron chi connectivity index (χ0n) is 13.6. The lowest BCUT2D eigenvalue weighted by atomic mass is 9.96. The normalized spacial score (nSPS) is 18.6. The Morgan fingerprint density at radius 1 is 1.40 bits per heavy atom. The molecular weight excluding hydrogens is 250 g/mol. The van der Waals surface area contributed by atoms with Crippen molar-refractivity contribution in [3.8, 4) is 0 Å². The summed E-state index contributed by atoms with van der Waals surface area (Å²) in [5, 5.41) is 0. The predicted molar refractivity (Wildman–Crippen MR) is 84.6 cm³/mol. The quantitative estimate of drug-likeness (QED) is 0.742. The molecule has 1 saturated heterocycles. The van der Waals surface area contributed by atoms with Crippen LogP contribution in [0.3, 0.4) is 0 Å². The second-order valence-corrected chi connectivity index (χ2v) is 6.46. The van der Waals surface area contributed by atoms with Crippen molar-refractivity contribution in [1.82, 2.24) is 9.80 Å². The second-order valence-electron chi connectivity index (χ2n) is 6.46. The summed E-state index contributed by atoms with van der Waals surface area (Å²) < 4.78 is 0. The van der Waals surface area contributed by atoms with E-state index in [2.05, 4.69) is 18.9 Å². The molecule has 0 aromatic heterocycles. The number of nitrogens with zero attached hydrogens (tertiary/aromatic N) is 2. The van der Waals surface area contributed by atoms with Crippen LogP contribution in [0, 0.1) is 5.92 Å². The van der Waals surface area contributed by atoms with Gasteiger partial charge in [0.05, 0.1) is 0 Å². The van der Waals surface area contributed by atoms with Crippen molar-refractivity contribution in [3.05, 3.63) is 0 Å². The van der Waals surface area contributed by atoms with Crippen molar-refractivity contribution in [2.75, 3.05) is 33.2 Å². The standard InChI is InChI=1S/C16H33N3O/c1-4-5-10-18(3)13-15-8-11-19(12-9-15)16(20)7-6-14(2)17/h14-15H,4-13,17H2,1-3H3. The van der Waals surface area contributed by atoms with E-state index in [4.69, 9.17) is 5.73 Å². The fourth-order valence-electron chi connectivity index (χ4n) is 2.83. The van der Waals surface area contributed by atoms with Crippen LogP contribution < -0.4 is 5.73 Å². The summed E-state index contributed by atoms with van der Waals surface area (Å²) in [6.45, 7) is 8.45. The number of likely N-dealkylation sites (tertiary alicyclic amines) is 1. The Balaban J connectivity index is 2.20. The molecule has 1 amide bonds. The molecule has 20 heavy (non-hydrogen) atoms. The van der Waals surface area contributed by atoms with Crippen LogP contribution in [0.5, 0.6) is 0 Å². The SMILES string of the molecule is CCCCN(C)CC1CCN(C(=O)CCC(C)N)CC1. The fraction of sp³-hybridized carbons (Fsp3) is 0.938. The van der Waals surface area contributed by atoms with Crippen LogP contribution in [0.25, 0.3) is 0 Å². The van der Waals surface area contributed by atoms with Crippen molar-refractivity contribution >= 4 is 5.91 Å². The Morgan fingerprint density at radius 2 is 2.05 bits per heavy atom. The van der Waals surface area contributed by atoms with Crippen LogP contribution in [0.1, 0.15) is 52.4 Å². The topological polar surface area (TPSA) is 49.6 Å². The predicted octanol–water partition coefficient (Wildman–Crippen LogP) is 2.08. The molecule has 4 heteroatoms. The average molecular weight is 283 g/mol. The summed E-state index contributed by atoms with van der Waals surface area (Å²) in [4.78, 5) is 16.5. The number of amides is 1. The molecule has 0 aromatic rings. The van der Waals surface area contributed by atoms with E-state index in [0.29, 0.717) is 12.3 Å². The van der Waals surface area contributed by atoms with Crippen LogP contribution >= 0.6 is 0 Å². The van der Waals surface area contributed by atoms with Gasteiger partial charge in [-0.1, -0.05) is 13.3 Å². The molecule has 2 N–H and O–H groups in total. The summed E-state index contributed by atoms with van der Waals surface area (Å²) in [5.41, 5.74) is 5.71. The van der Waals surface area contributed by atoms with Gasteiger partial charge in [0.2, 0.25) is 5.91 Å². The van der Waals surface area contributed by atoms with Gasteiger partial charge < -0.3 is 15.5 Å². The van der Waals surface area contributed by atoms with Crippen molar-refractivity contribution in [3.63, 3.8) is 0 Å². The van der Waals surface area contributed by atoms with E-state index in [-0.39, 0.29) is 6.04 Å². The molecule has 1 atom stereocenters. The van der Waals surface area contributed by atoms with Crippen molar-refractivity contribution in [2.45, 2.75) is 58.4 Å². The molecule has 0 aromatic carbocycles. The van der Waals surface area contributed by atoms with Crippen molar-refractivity contribution in [1.29, 1.82) is 0 Å². The van der Waals surface area contributed by atoms with Gasteiger partial charge in [-0.3, -0.25) is 4.79 Å². The molecule has 1 aliphatic rings. The Bertz CT molecular complexity index is 273. The third kappa shape index (κ3) is 6.71. The smallest absolute Gasteiger partial charge is 0.222 e. The number of nitrogens with two attached hydrogens (primary N) is 1. The summed E-state index contributed by atoms with van der Waals surface area (Å²) in [6.07, 6.45) is 6.26. The van der Waals surface area contributed by atoms with Gasteiger partial charge in [-0.15, -0.1) is 0 Å². The maximum atomic E-state index is 12.0. The van der Waals surface area contributed by atoms with Gasteiger partial charge in [0.25, 0.3) is 0 Å². The number of hydrogen-bond acceptors (Lipinski definition) is 3. The minimum atomic E-state index is 0.128. The molecule has 1 unspecified atom stereocenters.